The Labute approximate surface area is 116 Å². The van der Waals surface area contributed by atoms with E-state index in [4.69, 9.17) is 0 Å². The van der Waals surface area contributed by atoms with Gasteiger partial charge in [0.15, 0.2) is 0 Å². The Bertz CT molecular complexity index is 355. The standard InChI is InChI=1S/C16H26N2O/c1-18-10-5-8-15(9-11-18)17-16(13-19)12-14-6-3-2-4-7-14/h2-4,6-7,15-17,19H,5,8-13H2,1H3/t15?,16-/m0/s1. The van der Waals surface area contributed by atoms with Gasteiger partial charge in [0.05, 0.1) is 6.61 Å². The summed E-state index contributed by atoms with van der Waals surface area (Å²) in [6.07, 6.45) is 4.55. The average Bonchev–Trinajstić information content (AvgIpc) is 2.64. The van der Waals surface area contributed by atoms with Crippen LogP contribution in [0.2, 0.25) is 0 Å². The Morgan fingerprint density at radius 2 is 2.05 bits per heavy atom. The van der Waals surface area contributed by atoms with Crippen LogP contribution in [0, 0.1) is 0 Å². The predicted molar refractivity (Wildman–Crippen MR) is 79.3 cm³/mol. The number of nitrogens with one attached hydrogen (secondary N) is 1. The number of rotatable bonds is 5. The van der Waals surface area contributed by atoms with Crippen molar-refractivity contribution in [1.29, 1.82) is 0 Å². The Balaban J connectivity index is 1.84. The summed E-state index contributed by atoms with van der Waals surface area (Å²) in [6.45, 7) is 2.56. The summed E-state index contributed by atoms with van der Waals surface area (Å²) in [7, 11) is 2.19. The second-order valence-electron chi connectivity index (χ2n) is 5.67. The van der Waals surface area contributed by atoms with Crippen molar-refractivity contribution in [3.8, 4) is 0 Å². The van der Waals surface area contributed by atoms with Crippen molar-refractivity contribution in [3.63, 3.8) is 0 Å². The lowest BCUT2D eigenvalue weighted by molar-refractivity contribution is 0.225. The Kier molecular flexibility index (Phi) is 5.83. The molecular formula is C16H26N2O. The van der Waals surface area contributed by atoms with Crippen molar-refractivity contribution in [3.05, 3.63) is 35.9 Å². The largest absolute Gasteiger partial charge is 0.395 e. The molecule has 19 heavy (non-hydrogen) atoms. The minimum atomic E-state index is 0.177. The highest BCUT2D eigenvalue weighted by atomic mass is 16.3. The first-order valence-electron chi connectivity index (χ1n) is 7.37. The molecule has 1 fully saturated rings. The van der Waals surface area contributed by atoms with Crippen molar-refractivity contribution in [2.45, 2.75) is 37.8 Å². The molecule has 1 aromatic rings. The van der Waals surface area contributed by atoms with Crippen molar-refractivity contribution in [1.82, 2.24) is 10.2 Å². The zero-order valence-corrected chi connectivity index (χ0v) is 11.9. The van der Waals surface area contributed by atoms with Crippen LogP contribution < -0.4 is 5.32 Å². The number of aliphatic hydroxyl groups is 1. The van der Waals surface area contributed by atoms with E-state index in [0.29, 0.717) is 6.04 Å². The lowest BCUT2D eigenvalue weighted by atomic mass is 10.0. The molecule has 1 aliphatic heterocycles. The van der Waals surface area contributed by atoms with Gasteiger partial charge in [0.1, 0.15) is 0 Å². The smallest absolute Gasteiger partial charge is 0.0587 e. The Morgan fingerprint density at radius 1 is 1.26 bits per heavy atom. The van der Waals surface area contributed by atoms with Crippen LogP contribution >= 0.6 is 0 Å². The zero-order chi connectivity index (χ0) is 13.5. The van der Waals surface area contributed by atoms with Crippen molar-refractivity contribution >= 4 is 0 Å². The third-order valence-corrected chi connectivity index (χ3v) is 3.97. The summed E-state index contributed by atoms with van der Waals surface area (Å²) in [5.74, 6) is 0. The third kappa shape index (κ3) is 4.94. The van der Waals surface area contributed by atoms with E-state index >= 15 is 0 Å². The molecule has 1 aliphatic rings. The van der Waals surface area contributed by atoms with Gasteiger partial charge in [0, 0.05) is 12.1 Å². The number of benzene rings is 1. The molecule has 0 bridgehead atoms. The number of hydrogen-bond donors (Lipinski definition) is 2. The lowest BCUT2D eigenvalue weighted by Crippen LogP contribution is -2.42. The Hall–Kier alpha value is -0.900. The third-order valence-electron chi connectivity index (χ3n) is 3.97. The molecule has 3 nitrogen and oxygen atoms in total. The van der Waals surface area contributed by atoms with E-state index in [1.807, 2.05) is 6.07 Å². The molecule has 0 aromatic heterocycles. The van der Waals surface area contributed by atoms with Crippen molar-refractivity contribution < 1.29 is 5.11 Å². The molecule has 0 radical (unpaired) electrons. The van der Waals surface area contributed by atoms with Crippen LogP contribution in [0.1, 0.15) is 24.8 Å². The fraction of sp³-hybridized carbons (Fsp3) is 0.625. The van der Waals surface area contributed by atoms with Gasteiger partial charge in [-0.25, -0.2) is 0 Å². The zero-order valence-electron chi connectivity index (χ0n) is 11.9. The van der Waals surface area contributed by atoms with Crippen LogP contribution in [0.15, 0.2) is 30.3 Å². The molecule has 1 saturated heterocycles. The van der Waals surface area contributed by atoms with E-state index in [9.17, 15) is 5.11 Å². The second-order valence-corrected chi connectivity index (χ2v) is 5.67. The van der Waals surface area contributed by atoms with Crippen LogP contribution in [-0.2, 0) is 6.42 Å². The van der Waals surface area contributed by atoms with E-state index in [1.54, 1.807) is 0 Å². The molecule has 0 saturated carbocycles. The molecular weight excluding hydrogens is 236 g/mol. The van der Waals surface area contributed by atoms with Gasteiger partial charge < -0.3 is 15.3 Å². The van der Waals surface area contributed by atoms with E-state index in [1.165, 1.54) is 31.4 Å². The molecule has 0 spiro atoms. The summed E-state index contributed by atoms with van der Waals surface area (Å²) in [4.78, 5) is 2.40. The first-order chi connectivity index (χ1) is 9.28. The minimum absolute atomic E-state index is 0.177. The molecule has 1 unspecified atom stereocenters. The number of likely N-dealkylation sites (tertiary alicyclic amines) is 1. The average molecular weight is 262 g/mol. The van der Waals surface area contributed by atoms with Gasteiger partial charge in [-0.2, -0.15) is 0 Å². The van der Waals surface area contributed by atoms with Gasteiger partial charge in [0.25, 0.3) is 0 Å². The first kappa shape index (κ1) is 14.5. The van der Waals surface area contributed by atoms with Crippen LogP contribution in [0.4, 0.5) is 0 Å². The highest BCUT2D eigenvalue weighted by Crippen LogP contribution is 2.12. The van der Waals surface area contributed by atoms with Gasteiger partial charge in [-0.3, -0.25) is 0 Å². The summed E-state index contributed by atoms with van der Waals surface area (Å²) in [6, 6.07) is 11.1. The molecule has 2 atom stereocenters. The maximum atomic E-state index is 9.57. The van der Waals surface area contributed by atoms with E-state index < -0.39 is 0 Å². The van der Waals surface area contributed by atoms with Crippen molar-refractivity contribution in [2.24, 2.45) is 0 Å². The van der Waals surface area contributed by atoms with Crippen LogP contribution in [-0.4, -0.2) is 48.8 Å². The van der Waals surface area contributed by atoms with E-state index in [-0.39, 0.29) is 12.6 Å². The fourth-order valence-corrected chi connectivity index (χ4v) is 2.81. The molecule has 1 heterocycles. The molecule has 0 aliphatic carbocycles. The van der Waals surface area contributed by atoms with Gasteiger partial charge in [-0.15, -0.1) is 0 Å². The maximum Gasteiger partial charge on any atom is 0.0587 e. The fourth-order valence-electron chi connectivity index (χ4n) is 2.81. The number of aliphatic hydroxyl groups excluding tert-OH is 1. The molecule has 2 N–H and O–H groups in total. The monoisotopic (exact) mass is 262 g/mol. The normalized spacial score (nSPS) is 22.9. The summed E-state index contributed by atoms with van der Waals surface area (Å²) in [5, 5.41) is 13.2. The minimum Gasteiger partial charge on any atom is -0.395 e. The Morgan fingerprint density at radius 3 is 2.79 bits per heavy atom. The highest BCUT2D eigenvalue weighted by Gasteiger charge is 2.18. The van der Waals surface area contributed by atoms with Gasteiger partial charge >= 0.3 is 0 Å². The van der Waals surface area contributed by atoms with Crippen molar-refractivity contribution in [2.75, 3.05) is 26.7 Å². The van der Waals surface area contributed by atoms with Crippen LogP contribution in [0.25, 0.3) is 0 Å². The molecule has 0 amide bonds. The molecule has 1 aromatic carbocycles. The molecule has 2 rings (SSSR count). The summed E-state index contributed by atoms with van der Waals surface area (Å²) >= 11 is 0. The second kappa shape index (κ2) is 7.63. The topological polar surface area (TPSA) is 35.5 Å². The predicted octanol–water partition coefficient (Wildman–Crippen LogP) is 1.66. The lowest BCUT2D eigenvalue weighted by Gasteiger charge is -2.23. The summed E-state index contributed by atoms with van der Waals surface area (Å²) < 4.78 is 0. The maximum absolute atomic E-state index is 9.57. The molecule has 106 valence electrons. The number of nitrogens with zero attached hydrogens (tertiary/aromatic N) is 1. The van der Waals surface area contributed by atoms with Gasteiger partial charge in [-0.05, 0) is 51.4 Å². The first-order valence-corrected chi connectivity index (χ1v) is 7.37. The highest BCUT2D eigenvalue weighted by molar-refractivity contribution is 5.16. The van der Waals surface area contributed by atoms with E-state index in [2.05, 4.69) is 41.5 Å². The van der Waals surface area contributed by atoms with Gasteiger partial charge in [-0.1, -0.05) is 30.3 Å². The number of hydrogen-bond acceptors (Lipinski definition) is 3. The van der Waals surface area contributed by atoms with E-state index in [0.717, 1.165) is 13.0 Å². The van der Waals surface area contributed by atoms with Gasteiger partial charge in [0.2, 0.25) is 0 Å². The quantitative estimate of drug-likeness (QED) is 0.847. The van der Waals surface area contributed by atoms with Crippen LogP contribution in [0.3, 0.4) is 0 Å². The SMILES string of the molecule is CN1CCCC(N[C@H](CO)Cc2ccccc2)CC1. The molecule has 3 heteroatoms. The summed E-state index contributed by atoms with van der Waals surface area (Å²) in [5.41, 5.74) is 1.29. The van der Waals surface area contributed by atoms with Crippen LogP contribution in [0.5, 0.6) is 0 Å².